The largest absolute Gasteiger partial charge is 0.466 e. The van der Waals surface area contributed by atoms with E-state index in [1.54, 1.807) is 14.0 Å². The Morgan fingerprint density at radius 2 is 1.72 bits per heavy atom. The van der Waals surface area contributed by atoms with Crippen LogP contribution in [0.2, 0.25) is 0 Å². The zero-order valence-corrected chi connectivity index (χ0v) is 15.9. The highest BCUT2D eigenvalue weighted by molar-refractivity contribution is 7.79. The number of ether oxygens (including phenoxy) is 1. The predicted octanol–water partition coefficient (Wildman–Crippen LogP) is 0.0652. The molecule has 1 amide bonds. The standard InChI is InChI=1S/C6H10O3.C5H8N2O.C2H7N.H2O4S/c1-3-9-6(8)4-5(2)7;1-4-3-5(8)7(2)6-4;1-2-3;1-5(2,3)4/h3-4H2,1-2H3;3H2,1-2H3;2-3H2,1H3;(H2,1,2,3,4). The van der Waals surface area contributed by atoms with Crippen molar-refractivity contribution in [3.63, 3.8) is 0 Å². The third-order valence-corrected chi connectivity index (χ3v) is 1.79. The van der Waals surface area contributed by atoms with E-state index in [1.807, 2.05) is 13.8 Å². The van der Waals surface area contributed by atoms with E-state index in [1.165, 1.54) is 11.9 Å². The van der Waals surface area contributed by atoms with Crippen molar-refractivity contribution in [3.8, 4) is 0 Å². The summed E-state index contributed by atoms with van der Waals surface area (Å²) in [5.41, 5.74) is 5.75. The average Bonchev–Trinajstić information content (AvgIpc) is 2.65. The molecule has 148 valence electrons. The predicted molar refractivity (Wildman–Crippen MR) is 91.3 cm³/mol. The summed E-state index contributed by atoms with van der Waals surface area (Å²) in [7, 11) is -3.00. The molecule has 0 unspecified atom stereocenters. The number of amides is 1. The molecule has 11 nitrogen and oxygen atoms in total. The number of ketones is 1. The molecule has 0 saturated heterocycles. The fourth-order valence-corrected chi connectivity index (χ4v) is 1.10. The normalized spacial score (nSPS) is 12.4. The topological polar surface area (TPSA) is 177 Å². The van der Waals surface area contributed by atoms with E-state index in [-0.39, 0.29) is 18.1 Å². The Morgan fingerprint density at radius 1 is 1.32 bits per heavy atom. The minimum atomic E-state index is -4.67. The summed E-state index contributed by atoms with van der Waals surface area (Å²) in [6, 6.07) is 0. The Hall–Kier alpha value is -1.89. The summed E-state index contributed by atoms with van der Waals surface area (Å²) in [5, 5.41) is 5.24. The van der Waals surface area contributed by atoms with Crippen molar-refractivity contribution in [2.75, 3.05) is 20.2 Å². The Kier molecular flexibility index (Phi) is 17.5. The van der Waals surface area contributed by atoms with Crippen LogP contribution in [-0.2, 0) is 29.5 Å². The van der Waals surface area contributed by atoms with E-state index in [0.29, 0.717) is 13.0 Å². The lowest BCUT2D eigenvalue weighted by molar-refractivity contribution is -0.145. The van der Waals surface area contributed by atoms with Gasteiger partial charge in [-0.3, -0.25) is 23.5 Å². The van der Waals surface area contributed by atoms with Crippen molar-refractivity contribution in [2.24, 2.45) is 10.8 Å². The zero-order chi connectivity index (χ0) is 20.6. The number of nitrogens with two attached hydrogens (primary N) is 1. The Labute approximate surface area is 147 Å². The minimum Gasteiger partial charge on any atom is -0.466 e. The summed E-state index contributed by atoms with van der Waals surface area (Å²) in [5.74, 6) is -0.513. The van der Waals surface area contributed by atoms with Gasteiger partial charge in [0.1, 0.15) is 12.2 Å². The Balaban J connectivity index is -0.000000278. The summed E-state index contributed by atoms with van der Waals surface area (Å²) in [6.07, 6.45) is 0.393. The summed E-state index contributed by atoms with van der Waals surface area (Å²) in [4.78, 5) is 31.2. The number of rotatable bonds is 3. The molecule has 0 aromatic rings. The van der Waals surface area contributed by atoms with Crippen LogP contribution in [0.1, 0.15) is 40.5 Å². The number of hydrogen-bond donors (Lipinski definition) is 3. The van der Waals surface area contributed by atoms with Crippen LogP contribution in [-0.4, -0.2) is 66.1 Å². The molecule has 0 radical (unpaired) electrons. The second-order valence-corrected chi connectivity index (χ2v) is 5.36. The van der Waals surface area contributed by atoms with Crippen LogP contribution in [0.4, 0.5) is 0 Å². The fraction of sp³-hybridized carbons (Fsp3) is 0.692. The number of carbonyl (C=O) groups is 3. The molecule has 1 heterocycles. The molecule has 4 N–H and O–H groups in total. The second-order valence-electron chi connectivity index (χ2n) is 4.47. The molecule has 0 saturated carbocycles. The Morgan fingerprint density at radius 3 is 1.88 bits per heavy atom. The van der Waals surface area contributed by atoms with Crippen LogP contribution < -0.4 is 5.73 Å². The number of hydrazone groups is 1. The molecule has 1 aliphatic heterocycles. The maximum atomic E-state index is 10.6. The van der Waals surface area contributed by atoms with Gasteiger partial charge in [-0.2, -0.15) is 13.5 Å². The minimum absolute atomic E-state index is 0.0856. The van der Waals surface area contributed by atoms with Gasteiger partial charge < -0.3 is 10.5 Å². The van der Waals surface area contributed by atoms with Gasteiger partial charge >= 0.3 is 16.4 Å². The Bertz CT molecular complexity index is 537. The lowest BCUT2D eigenvalue weighted by Crippen LogP contribution is -2.13. The van der Waals surface area contributed by atoms with Crippen LogP contribution in [0.25, 0.3) is 0 Å². The molecule has 0 aromatic heterocycles. The highest BCUT2D eigenvalue weighted by atomic mass is 32.3. The maximum Gasteiger partial charge on any atom is 0.394 e. The molecule has 0 aromatic carbocycles. The van der Waals surface area contributed by atoms with Gasteiger partial charge in [0.25, 0.3) is 0 Å². The van der Waals surface area contributed by atoms with Gasteiger partial charge in [0.2, 0.25) is 5.91 Å². The molecular weight excluding hydrogens is 358 g/mol. The third kappa shape index (κ3) is 30.5. The quantitative estimate of drug-likeness (QED) is 0.344. The summed E-state index contributed by atoms with van der Waals surface area (Å²) in [6.45, 7) is 7.91. The first-order valence-corrected chi connectivity index (χ1v) is 8.53. The van der Waals surface area contributed by atoms with Crippen LogP contribution in [0.15, 0.2) is 5.10 Å². The average molecular weight is 385 g/mol. The van der Waals surface area contributed by atoms with E-state index in [0.717, 1.165) is 12.3 Å². The first-order valence-electron chi connectivity index (χ1n) is 7.13. The molecule has 0 aliphatic carbocycles. The highest BCUT2D eigenvalue weighted by Gasteiger charge is 2.15. The number of Topliss-reactive ketones (excluding diaryl/α,β-unsaturated/α-hetero) is 1. The lowest BCUT2D eigenvalue weighted by Gasteiger charge is -1.98. The number of esters is 1. The SMILES string of the molecule is CC1=NN(C)C(=O)C1.CCN.CCOC(=O)CC(C)=O.O=S(=O)(O)O. The smallest absolute Gasteiger partial charge is 0.394 e. The monoisotopic (exact) mass is 385 g/mol. The molecule has 1 aliphatic rings. The van der Waals surface area contributed by atoms with Gasteiger partial charge in [0.15, 0.2) is 0 Å². The molecule has 25 heavy (non-hydrogen) atoms. The highest BCUT2D eigenvalue weighted by Crippen LogP contribution is 2.02. The van der Waals surface area contributed by atoms with E-state index >= 15 is 0 Å². The molecule has 0 spiro atoms. The lowest BCUT2D eigenvalue weighted by atomic mass is 10.3. The molecule has 0 atom stereocenters. The zero-order valence-electron chi connectivity index (χ0n) is 15.1. The molecule has 0 bridgehead atoms. The summed E-state index contributed by atoms with van der Waals surface area (Å²) < 4.78 is 36.1. The van der Waals surface area contributed by atoms with Crippen LogP contribution >= 0.6 is 0 Å². The molecular formula is C13H27N3O8S. The second kappa shape index (κ2) is 15.6. The van der Waals surface area contributed by atoms with Gasteiger partial charge in [-0.25, -0.2) is 5.01 Å². The van der Waals surface area contributed by atoms with Crippen molar-refractivity contribution >= 4 is 33.8 Å². The van der Waals surface area contributed by atoms with Crippen molar-refractivity contribution in [1.29, 1.82) is 0 Å². The van der Waals surface area contributed by atoms with Crippen LogP contribution in [0.3, 0.4) is 0 Å². The fourth-order valence-electron chi connectivity index (χ4n) is 1.10. The maximum absolute atomic E-state index is 10.6. The van der Waals surface area contributed by atoms with Crippen molar-refractivity contribution in [1.82, 2.24) is 5.01 Å². The molecule has 0 fully saturated rings. The number of nitrogens with zero attached hydrogens (tertiary/aromatic N) is 2. The first kappa shape index (κ1) is 27.9. The summed E-state index contributed by atoms with van der Waals surface area (Å²) >= 11 is 0. The van der Waals surface area contributed by atoms with Crippen LogP contribution in [0.5, 0.6) is 0 Å². The molecule has 1 rings (SSSR count). The van der Waals surface area contributed by atoms with Gasteiger partial charge in [-0.05, 0) is 27.3 Å². The van der Waals surface area contributed by atoms with Gasteiger partial charge in [-0.15, -0.1) is 0 Å². The number of carbonyl (C=O) groups excluding carboxylic acids is 3. The van der Waals surface area contributed by atoms with E-state index in [9.17, 15) is 14.4 Å². The van der Waals surface area contributed by atoms with Gasteiger partial charge in [-0.1, -0.05) is 6.92 Å². The van der Waals surface area contributed by atoms with Gasteiger partial charge in [0.05, 0.1) is 13.0 Å². The van der Waals surface area contributed by atoms with E-state index in [4.69, 9.17) is 23.3 Å². The number of hydrogen-bond acceptors (Lipinski definition) is 8. The third-order valence-electron chi connectivity index (χ3n) is 1.79. The van der Waals surface area contributed by atoms with E-state index in [2.05, 4.69) is 9.84 Å². The molecule has 12 heteroatoms. The first-order chi connectivity index (χ1) is 11.3. The van der Waals surface area contributed by atoms with Crippen molar-refractivity contribution < 1.29 is 36.6 Å². The van der Waals surface area contributed by atoms with Gasteiger partial charge in [0, 0.05) is 12.8 Å². The van der Waals surface area contributed by atoms with E-state index < -0.39 is 16.4 Å². The van der Waals surface area contributed by atoms with Crippen LogP contribution in [0, 0.1) is 0 Å². The van der Waals surface area contributed by atoms with Crippen molar-refractivity contribution in [3.05, 3.63) is 0 Å². The van der Waals surface area contributed by atoms with Crippen molar-refractivity contribution in [2.45, 2.75) is 40.5 Å².